The zero-order valence-corrected chi connectivity index (χ0v) is 20.8. The summed E-state index contributed by atoms with van der Waals surface area (Å²) in [5.41, 5.74) is 0.530. The Morgan fingerprint density at radius 1 is 1.00 bits per heavy atom. The number of aromatic nitrogens is 1. The molecule has 1 amide bonds. The Morgan fingerprint density at radius 2 is 1.72 bits per heavy atom. The topological polar surface area (TPSA) is 109 Å². The minimum atomic E-state index is -4.52. The molecule has 0 aliphatic carbocycles. The van der Waals surface area contributed by atoms with Crippen LogP contribution in [0.1, 0.15) is 38.9 Å². The third-order valence-electron chi connectivity index (χ3n) is 6.07. The summed E-state index contributed by atoms with van der Waals surface area (Å²) in [4.78, 5) is 29.6. The molecule has 1 aromatic heterocycles. The molecular formula is C29H25F3N2O5. The molecular weight excluding hydrogens is 513 g/mol. The number of rotatable bonds is 9. The monoisotopic (exact) mass is 538 g/mol. The van der Waals surface area contributed by atoms with Gasteiger partial charge in [-0.2, -0.15) is 13.2 Å². The number of pyridine rings is 1. The highest BCUT2D eigenvalue weighted by molar-refractivity contribution is 6.06. The van der Waals surface area contributed by atoms with Crippen molar-refractivity contribution in [2.45, 2.75) is 25.6 Å². The van der Waals surface area contributed by atoms with Crippen LogP contribution in [0.15, 0.2) is 72.8 Å². The van der Waals surface area contributed by atoms with Crippen LogP contribution in [-0.4, -0.2) is 46.3 Å². The SMILES string of the molecule is CCOC[C@@H](Cc1ccc(O)cc1)NC(=O)c1cc(C(=O)O)c2cc(-c3cccc(C(F)(F)F)c3)ccc2n1. The van der Waals surface area contributed by atoms with E-state index in [1.165, 1.54) is 42.5 Å². The third kappa shape index (κ3) is 6.71. The number of halogens is 3. The molecule has 1 atom stereocenters. The zero-order valence-electron chi connectivity index (χ0n) is 20.8. The van der Waals surface area contributed by atoms with Gasteiger partial charge in [0, 0.05) is 12.0 Å². The van der Waals surface area contributed by atoms with E-state index in [9.17, 15) is 33.0 Å². The number of fused-ring (bicyclic) bond motifs is 1. The van der Waals surface area contributed by atoms with E-state index in [-0.39, 0.29) is 40.1 Å². The van der Waals surface area contributed by atoms with Crippen molar-refractivity contribution < 1.29 is 37.7 Å². The number of carbonyl (C=O) groups excluding carboxylic acids is 1. The molecule has 4 aromatic rings. The lowest BCUT2D eigenvalue weighted by molar-refractivity contribution is -0.137. The predicted octanol–water partition coefficient (Wildman–Crippen LogP) is 5.70. The second-order valence-corrected chi connectivity index (χ2v) is 8.87. The Balaban J connectivity index is 1.65. The van der Waals surface area contributed by atoms with Crippen LogP contribution in [-0.2, 0) is 17.3 Å². The number of carboxylic acids is 1. The van der Waals surface area contributed by atoms with Gasteiger partial charge >= 0.3 is 12.1 Å². The molecule has 7 nitrogen and oxygen atoms in total. The largest absolute Gasteiger partial charge is 0.508 e. The fraction of sp³-hybridized carbons (Fsp3) is 0.207. The first-order valence-corrected chi connectivity index (χ1v) is 12.1. The molecule has 0 spiro atoms. The van der Waals surface area contributed by atoms with E-state index in [0.717, 1.165) is 23.8 Å². The van der Waals surface area contributed by atoms with Crippen LogP contribution in [0.25, 0.3) is 22.0 Å². The smallest absolute Gasteiger partial charge is 0.416 e. The molecule has 10 heteroatoms. The maximum atomic E-state index is 13.2. The van der Waals surface area contributed by atoms with Gasteiger partial charge in [-0.15, -0.1) is 0 Å². The van der Waals surface area contributed by atoms with E-state index in [4.69, 9.17) is 4.74 Å². The number of aromatic hydroxyl groups is 1. The highest BCUT2D eigenvalue weighted by atomic mass is 19.4. The third-order valence-corrected chi connectivity index (χ3v) is 6.07. The Bertz CT molecular complexity index is 1500. The van der Waals surface area contributed by atoms with E-state index in [0.29, 0.717) is 18.6 Å². The van der Waals surface area contributed by atoms with Crippen molar-refractivity contribution in [3.8, 4) is 16.9 Å². The number of hydrogen-bond donors (Lipinski definition) is 3. The fourth-order valence-electron chi connectivity index (χ4n) is 4.16. The van der Waals surface area contributed by atoms with Gasteiger partial charge < -0.3 is 20.3 Å². The minimum Gasteiger partial charge on any atom is -0.508 e. The second-order valence-electron chi connectivity index (χ2n) is 8.87. The predicted molar refractivity (Wildman–Crippen MR) is 139 cm³/mol. The molecule has 0 bridgehead atoms. The number of carbonyl (C=O) groups is 2. The summed E-state index contributed by atoms with van der Waals surface area (Å²) in [5.74, 6) is -1.81. The maximum Gasteiger partial charge on any atom is 0.416 e. The number of amides is 1. The van der Waals surface area contributed by atoms with E-state index >= 15 is 0 Å². The second kappa shape index (κ2) is 11.5. The summed E-state index contributed by atoms with van der Waals surface area (Å²) in [6.45, 7) is 2.44. The lowest BCUT2D eigenvalue weighted by Gasteiger charge is -2.19. The first kappa shape index (κ1) is 27.6. The van der Waals surface area contributed by atoms with Gasteiger partial charge in [0.2, 0.25) is 0 Å². The number of phenols is 1. The lowest BCUT2D eigenvalue weighted by Crippen LogP contribution is -2.40. The van der Waals surface area contributed by atoms with Gasteiger partial charge in [0.05, 0.1) is 29.3 Å². The van der Waals surface area contributed by atoms with Crippen LogP contribution in [0, 0.1) is 0 Å². The van der Waals surface area contributed by atoms with Gasteiger partial charge in [0.15, 0.2) is 0 Å². The summed E-state index contributed by atoms with van der Waals surface area (Å²) in [6, 6.07) is 16.4. The molecule has 0 saturated heterocycles. The van der Waals surface area contributed by atoms with E-state index in [1.807, 2.05) is 6.92 Å². The summed E-state index contributed by atoms with van der Waals surface area (Å²) in [6.07, 6.45) is -4.13. The number of hydrogen-bond acceptors (Lipinski definition) is 5. The summed E-state index contributed by atoms with van der Waals surface area (Å²) < 4.78 is 45.0. The Morgan fingerprint density at radius 3 is 2.38 bits per heavy atom. The van der Waals surface area contributed by atoms with Crippen molar-refractivity contribution >= 4 is 22.8 Å². The molecule has 202 valence electrons. The first-order valence-electron chi connectivity index (χ1n) is 12.1. The average molecular weight is 539 g/mol. The van der Waals surface area contributed by atoms with Gasteiger partial charge in [-0.1, -0.05) is 30.3 Å². The average Bonchev–Trinajstić information content (AvgIpc) is 2.91. The quantitative estimate of drug-likeness (QED) is 0.252. The van der Waals surface area contributed by atoms with Gasteiger partial charge in [0.25, 0.3) is 5.91 Å². The molecule has 0 unspecified atom stereocenters. The fourth-order valence-corrected chi connectivity index (χ4v) is 4.16. The van der Waals surface area contributed by atoms with Crippen LogP contribution >= 0.6 is 0 Å². The Labute approximate surface area is 221 Å². The molecule has 0 radical (unpaired) electrons. The standard InChI is InChI=1S/C29H25F3N2O5/c1-2-39-16-21(12-17-6-9-22(35)10-7-17)33-27(36)26-15-24(28(37)38)23-14-19(8-11-25(23)34-26)18-4-3-5-20(13-18)29(30,31)32/h3-11,13-15,21,35H,2,12,16H2,1H3,(H,33,36)(H,37,38)/t21-/m1/s1. The molecule has 3 N–H and O–H groups in total. The molecule has 0 fully saturated rings. The molecule has 3 aromatic carbocycles. The molecule has 0 aliphatic rings. The number of carboxylic acid groups (broad SMARTS) is 1. The summed E-state index contributed by atoms with van der Waals surface area (Å²) in [5, 5.41) is 22.4. The van der Waals surface area contributed by atoms with Crippen molar-refractivity contribution in [3.63, 3.8) is 0 Å². The van der Waals surface area contributed by atoms with Crippen LogP contribution < -0.4 is 5.32 Å². The van der Waals surface area contributed by atoms with Gasteiger partial charge in [-0.25, -0.2) is 9.78 Å². The van der Waals surface area contributed by atoms with Gasteiger partial charge in [0.1, 0.15) is 11.4 Å². The molecule has 0 saturated carbocycles. The zero-order chi connectivity index (χ0) is 28.2. The normalized spacial score (nSPS) is 12.3. The van der Waals surface area contributed by atoms with Crippen molar-refractivity contribution in [2.75, 3.05) is 13.2 Å². The highest BCUT2D eigenvalue weighted by Gasteiger charge is 2.30. The number of alkyl halides is 3. The van der Waals surface area contributed by atoms with Crippen molar-refractivity contribution in [1.29, 1.82) is 0 Å². The summed E-state index contributed by atoms with van der Waals surface area (Å²) >= 11 is 0. The van der Waals surface area contributed by atoms with Crippen molar-refractivity contribution in [1.82, 2.24) is 10.3 Å². The van der Waals surface area contributed by atoms with Crippen molar-refractivity contribution in [3.05, 3.63) is 95.2 Å². The lowest BCUT2D eigenvalue weighted by atomic mass is 9.98. The maximum absolute atomic E-state index is 13.2. The Kier molecular flexibility index (Phi) is 8.15. The minimum absolute atomic E-state index is 0.113. The van der Waals surface area contributed by atoms with Crippen molar-refractivity contribution in [2.24, 2.45) is 0 Å². The highest BCUT2D eigenvalue weighted by Crippen LogP contribution is 2.33. The van der Waals surface area contributed by atoms with E-state index < -0.39 is 29.7 Å². The number of benzene rings is 3. The number of phenolic OH excluding ortho intramolecular Hbond substituents is 1. The van der Waals surface area contributed by atoms with E-state index in [2.05, 4.69) is 10.3 Å². The number of nitrogens with one attached hydrogen (secondary N) is 1. The van der Waals surface area contributed by atoms with Gasteiger partial charge in [-0.05, 0) is 72.5 Å². The van der Waals surface area contributed by atoms with Crippen LogP contribution in [0.4, 0.5) is 13.2 Å². The van der Waals surface area contributed by atoms with Crippen LogP contribution in [0.3, 0.4) is 0 Å². The molecule has 4 rings (SSSR count). The molecule has 1 heterocycles. The molecule has 39 heavy (non-hydrogen) atoms. The number of aromatic carboxylic acids is 1. The van der Waals surface area contributed by atoms with Crippen LogP contribution in [0.5, 0.6) is 5.75 Å². The Hall–Kier alpha value is -4.44. The summed E-state index contributed by atoms with van der Waals surface area (Å²) in [7, 11) is 0. The van der Waals surface area contributed by atoms with Crippen LogP contribution in [0.2, 0.25) is 0 Å². The van der Waals surface area contributed by atoms with Gasteiger partial charge in [-0.3, -0.25) is 4.79 Å². The number of ether oxygens (including phenoxy) is 1. The molecule has 0 aliphatic heterocycles. The first-order chi connectivity index (χ1) is 18.5. The van der Waals surface area contributed by atoms with E-state index in [1.54, 1.807) is 12.1 Å². The number of nitrogens with zero attached hydrogens (tertiary/aromatic N) is 1.